The number of rotatable bonds is 3. The second-order valence-electron chi connectivity index (χ2n) is 4.19. The zero-order valence-electron chi connectivity index (χ0n) is 10.2. The Kier molecular flexibility index (Phi) is 4.45. The maximum atomic E-state index is 13.6. The molecule has 0 atom stereocenters. The minimum absolute atomic E-state index is 0.129. The Bertz CT molecular complexity index is 488. The third-order valence-corrected chi connectivity index (χ3v) is 2.79. The molecule has 0 saturated carbocycles. The Labute approximate surface area is 113 Å². The molecule has 98 valence electrons. The van der Waals surface area contributed by atoms with E-state index in [0.29, 0.717) is 4.47 Å². The van der Waals surface area contributed by atoms with E-state index in [1.54, 1.807) is 6.07 Å². The van der Waals surface area contributed by atoms with Gasteiger partial charge in [-0.3, -0.25) is 4.79 Å². The summed E-state index contributed by atoms with van der Waals surface area (Å²) in [5, 5.41) is 2.41. The quantitative estimate of drug-likeness (QED) is 0.870. The van der Waals surface area contributed by atoms with E-state index in [0.717, 1.165) is 0 Å². The van der Waals surface area contributed by atoms with Crippen LogP contribution in [-0.4, -0.2) is 24.5 Å². The van der Waals surface area contributed by atoms with Crippen molar-refractivity contribution in [3.63, 3.8) is 0 Å². The van der Waals surface area contributed by atoms with Crippen LogP contribution in [0.15, 0.2) is 22.7 Å². The summed E-state index contributed by atoms with van der Waals surface area (Å²) in [4.78, 5) is 23.2. The molecule has 6 heteroatoms. The minimum Gasteiger partial charge on any atom is -0.467 e. The van der Waals surface area contributed by atoms with Crippen LogP contribution in [0.4, 0.5) is 4.39 Å². The third-order valence-electron chi connectivity index (χ3n) is 2.30. The zero-order chi connectivity index (χ0) is 13.9. The number of carbonyl (C=O) groups is 2. The molecule has 0 radical (unpaired) electrons. The molecule has 0 aliphatic heterocycles. The van der Waals surface area contributed by atoms with Crippen LogP contribution in [0.2, 0.25) is 0 Å². The molecule has 0 heterocycles. The monoisotopic (exact) mass is 317 g/mol. The first kappa shape index (κ1) is 14.6. The van der Waals surface area contributed by atoms with E-state index in [2.05, 4.69) is 26.0 Å². The van der Waals surface area contributed by atoms with Crippen LogP contribution < -0.4 is 5.32 Å². The number of esters is 1. The van der Waals surface area contributed by atoms with Crippen molar-refractivity contribution in [2.75, 3.05) is 7.11 Å². The van der Waals surface area contributed by atoms with Gasteiger partial charge in [0.15, 0.2) is 0 Å². The van der Waals surface area contributed by atoms with Crippen LogP contribution in [0.3, 0.4) is 0 Å². The lowest BCUT2D eigenvalue weighted by molar-refractivity contribution is -0.146. The largest absolute Gasteiger partial charge is 0.467 e. The second kappa shape index (κ2) is 5.48. The van der Waals surface area contributed by atoms with Gasteiger partial charge in [-0.05, 0) is 32.0 Å². The highest BCUT2D eigenvalue weighted by Crippen LogP contribution is 2.16. The molecular weight excluding hydrogens is 305 g/mol. The molecule has 0 aliphatic carbocycles. The van der Waals surface area contributed by atoms with Crippen LogP contribution in [0.5, 0.6) is 0 Å². The molecule has 0 spiro atoms. The van der Waals surface area contributed by atoms with Crippen molar-refractivity contribution in [3.05, 3.63) is 34.1 Å². The van der Waals surface area contributed by atoms with Crippen LogP contribution in [0.25, 0.3) is 0 Å². The SMILES string of the molecule is COC(=O)C(C)(C)NC(=O)c1ccc(Br)cc1F. The van der Waals surface area contributed by atoms with Crippen molar-refractivity contribution >= 4 is 27.8 Å². The number of halogens is 2. The van der Waals surface area contributed by atoms with Crippen LogP contribution in [-0.2, 0) is 9.53 Å². The molecule has 0 aliphatic rings. The highest BCUT2D eigenvalue weighted by molar-refractivity contribution is 9.10. The average Bonchev–Trinajstić information content (AvgIpc) is 2.26. The van der Waals surface area contributed by atoms with Crippen molar-refractivity contribution < 1.29 is 18.7 Å². The van der Waals surface area contributed by atoms with Crippen LogP contribution in [0.1, 0.15) is 24.2 Å². The fourth-order valence-electron chi connectivity index (χ4n) is 1.33. The molecule has 1 N–H and O–H groups in total. The molecule has 1 rings (SSSR count). The van der Waals surface area contributed by atoms with Gasteiger partial charge in [0.2, 0.25) is 0 Å². The Morgan fingerprint density at radius 3 is 2.50 bits per heavy atom. The number of ether oxygens (including phenoxy) is 1. The summed E-state index contributed by atoms with van der Waals surface area (Å²) in [6.07, 6.45) is 0. The second-order valence-corrected chi connectivity index (χ2v) is 5.11. The van der Waals surface area contributed by atoms with E-state index >= 15 is 0 Å². The van der Waals surface area contributed by atoms with E-state index in [-0.39, 0.29) is 5.56 Å². The van der Waals surface area contributed by atoms with E-state index in [4.69, 9.17) is 0 Å². The standard InChI is InChI=1S/C12H13BrFNO3/c1-12(2,11(17)18-3)15-10(16)8-5-4-7(13)6-9(8)14/h4-6H,1-3H3,(H,15,16). The van der Waals surface area contributed by atoms with Crippen molar-refractivity contribution in [1.82, 2.24) is 5.32 Å². The molecule has 0 bridgehead atoms. The number of hydrogen-bond donors (Lipinski definition) is 1. The van der Waals surface area contributed by atoms with Crippen molar-refractivity contribution in [2.45, 2.75) is 19.4 Å². The predicted molar refractivity (Wildman–Crippen MR) is 67.7 cm³/mol. The Morgan fingerprint density at radius 1 is 1.39 bits per heavy atom. The van der Waals surface area contributed by atoms with Crippen molar-refractivity contribution in [2.24, 2.45) is 0 Å². The first-order valence-corrected chi connectivity index (χ1v) is 5.93. The highest BCUT2D eigenvalue weighted by Gasteiger charge is 2.31. The van der Waals surface area contributed by atoms with Gasteiger partial charge in [-0.2, -0.15) is 0 Å². The number of benzene rings is 1. The lowest BCUT2D eigenvalue weighted by Gasteiger charge is -2.23. The Morgan fingerprint density at radius 2 is 2.00 bits per heavy atom. The maximum absolute atomic E-state index is 13.6. The molecule has 0 aromatic heterocycles. The fourth-order valence-corrected chi connectivity index (χ4v) is 1.66. The predicted octanol–water partition coefficient (Wildman–Crippen LogP) is 2.27. The van der Waals surface area contributed by atoms with Crippen LogP contribution >= 0.6 is 15.9 Å². The van der Waals surface area contributed by atoms with Gasteiger partial charge in [0, 0.05) is 4.47 Å². The Balaban J connectivity index is 2.92. The molecule has 1 aromatic carbocycles. The first-order chi connectivity index (χ1) is 8.27. The Hall–Kier alpha value is -1.43. The summed E-state index contributed by atoms with van der Waals surface area (Å²) >= 11 is 3.10. The first-order valence-electron chi connectivity index (χ1n) is 5.14. The van der Waals surface area contributed by atoms with Gasteiger partial charge >= 0.3 is 5.97 Å². The molecule has 1 aromatic rings. The van der Waals surface area contributed by atoms with Crippen molar-refractivity contribution in [1.29, 1.82) is 0 Å². The molecule has 0 saturated heterocycles. The van der Waals surface area contributed by atoms with Crippen LogP contribution in [0, 0.1) is 5.82 Å². The fraction of sp³-hybridized carbons (Fsp3) is 0.333. The lowest BCUT2D eigenvalue weighted by Crippen LogP contribution is -2.50. The summed E-state index contributed by atoms with van der Waals surface area (Å²) < 4.78 is 18.6. The van der Waals surface area contributed by atoms with E-state index in [1.807, 2.05) is 0 Å². The van der Waals surface area contributed by atoms with Crippen molar-refractivity contribution in [3.8, 4) is 0 Å². The minimum atomic E-state index is -1.22. The molecule has 0 fully saturated rings. The van der Waals surface area contributed by atoms with Gasteiger partial charge in [0.05, 0.1) is 12.7 Å². The molecule has 18 heavy (non-hydrogen) atoms. The van der Waals surface area contributed by atoms with Gasteiger partial charge in [0.1, 0.15) is 11.4 Å². The van der Waals surface area contributed by atoms with E-state index in [1.165, 1.54) is 33.1 Å². The van der Waals surface area contributed by atoms with Gasteiger partial charge < -0.3 is 10.1 Å². The van der Waals surface area contributed by atoms with Gasteiger partial charge in [-0.15, -0.1) is 0 Å². The average molecular weight is 318 g/mol. The maximum Gasteiger partial charge on any atom is 0.330 e. The highest BCUT2D eigenvalue weighted by atomic mass is 79.9. The van der Waals surface area contributed by atoms with E-state index in [9.17, 15) is 14.0 Å². The summed E-state index contributed by atoms with van der Waals surface area (Å²) in [6.45, 7) is 2.96. The van der Waals surface area contributed by atoms with E-state index < -0.39 is 23.2 Å². The summed E-state index contributed by atoms with van der Waals surface area (Å²) in [5.74, 6) is -1.94. The number of amides is 1. The molecule has 0 unspecified atom stereocenters. The third kappa shape index (κ3) is 3.29. The molecule has 4 nitrogen and oxygen atoms in total. The topological polar surface area (TPSA) is 55.4 Å². The summed E-state index contributed by atoms with van der Waals surface area (Å²) in [5.41, 5.74) is -1.35. The van der Waals surface area contributed by atoms with Gasteiger partial charge in [-0.25, -0.2) is 9.18 Å². The number of methoxy groups -OCH3 is 1. The molecule has 1 amide bonds. The van der Waals surface area contributed by atoms with Gasteiger partial charge in [0.25, 0.3) is 5.91 Å². The smallest absolute Gasteiger partial charge is 0.330 e. The van der Waals surface area contributed by atoms with Gasteiger partial charge in [-0.1, -0.05) is 15.9 Å². The summed E-state index contributed by atoms with van der Waals surface area (Å²) in [6, 6.07) is 4.06. The number of hydrogen-bond acceptors (Lipinski definition) is 3. The summed E-state index contributed by atoms with van der Waals surface area (Å²) in [7, 11) is 1.22. The number of nitrogens with one attached hydrogen (secondary N) is 1. The molecular formula is C12H13BrFNO3. The normalized spacial score (nSPS) is 10.9. The lowest BCUT2D eigenvalue weighted by atomic mass is 10.0. The number of carbonyl (C=O) groups excluding carboxylic acids is 2. The zero-order valence-corrected chi connectivity index (χ0v) is 11.8.